The maximum absolute atomic E-state index is 14.1. The largest absolute Gasteiger partial charge is 0.372 e. The van der Waals surface area contributed by atoms with Gasteiger partial charge < -0.3 is 5.32 Å². The topological polar surface area (TPSA) is 55.1 Å². The van der Waals surface area contributed by atoms with Crippen molar-refractivity contribution in [3.8, 4) is 11.4 Å². The Morgan fingerprint density at radius 1 is 0.957 bits per heavy atom. The van der Waals surface area contributed by atoms with E-state index in [9.17, 15) is 8.78 Å². The Hall–Kier alpha value is -3.09. The number of halogens is 2. The Kier molecular flexibility index (Phi) is 2.94. The van der Waals surface area contributed by atoms with Crippen molar-refractivity contribution < 1.29 is 8.78 Å². The Labute approximate surface area is 129 Å². The van der Waals surface area contributed by atoms with Crippen LogP contribution in [-0.4, -0.2) is 26.6 Å². The lowest BCUT2D eigenvalue weighted by molar-refractivity contribution is 0.587. The summed E-state index contributed by atoms with van der Waals surface area (Å²) in [5.41, 5.74) is 0.494. The minimum absolute atomic E-state index is 0.0851. The molecule has 0 aliphatic rings. The number of nitrogens with zero attached hydrogens (tertiary/aromatic N) is 4. The highest BCUT2D eigenvalue weighted by molar-refractivity contribution is 5.92. The fourth-order valence-corrected chi connectivity index (χ4v) is 2.66. The molecule has 0 unspecified atom stereocenters. The Balaban J connectivity index is 2.17. The van der Waals surface area contributed by atoms with Crippen molar-refractivity contribution in [2.75, 3.05) is 12.4 Å². The first-order chi connectivity index (χ1) is 11.2. The molecule has 4 aromatic rings. The molecular formula is C16H11F2N5. The second-order valence-electron chi connectivity index (χ2n) is 4.98. The smallest absolute Gasteiger partial charge is 0.257 e. The van der Waals surface area contributed by atoms with Crippen molar-refractivity contribution in [1.29, 1.82) is 0 Å². The summed E-state index contributed by atoms with van der Waals surface area (Å²) in [6, 6.07) is 11.1. The van der Waals surface area contributed by atoms with E-state index < -0.39 is 11.6 Å². The lowest BCUT2D eigenvalue weighted by Gasteiger charge is -2.09. The molecule has 0 aliphatic heterocycles. The first-order valence-electron chi connectivity index (χ1n) is 6.96. The van der Waals surface area contributed by atoms with E-state index in [4.69, 9.17) is 0 Å². The van der Waals surface area contributed by atoms with Gasteiger partial charge in [0.2, 0.25) is 0 Å². The molecule has 0 saturated carbocycles. The quantitative estimate of drug-likeness (QED) is 0.617. The van der Waals surface area contributed by atoms with Crippen LogP contribution >= 0.6 is 0 Å². The molecule has 0 spiro atoms. The Morgan fingerprint density at radius 3 is 2.43 bits per heavy atom. The summed E-state index contributed by atoms with van der Waals surface area (Å²) >= 11 is 0. The number of hydrogen-bond acceptors (Lipinski definition) is 4. The molecule has 0 fully saturated rings. The number of anilines is 1. The van der Waals surface area contributed by atoms with E-state index in [1.165, 1.54) is 18.2 Å². The van der Waals surface area contributed by atoms with Crippen molar-refractivity contribution in [3.05, 3.63) is 54.1 Å². The molecule has 7 heteroatoms. The molecule has 0 amide bonds. The van der Waals surface area contributed by atoms with E-state index in [0.29, 0.717) is 11.3 Å². The predicted molar refractivity (Wildman–Crippen MR) is 83.2 cm³/mol. The first kappa shape index (κ1) is 13.6. The van der Waals surface area contributed by atoms with Crippen molar-refractivity contribution in [3.63, 3.8) is 0 Å². The van der Waals surface area contributed by atoms with Gasteiger partial charge in [-0.25, -0.2) is 8.78 Å². The standard InChI is InChI=1S/C16H11F2N5/c1-19-14-9-5-2-3-8-12(9)23-15(21-22-16(23)20-14)13-10(17)6-4-7-11(13)18/h2-8H,1H3,(H,19,20,22). The van der Waals surface area contributed by atoms with Gasteiger partial charge in [-0.2, -0.15) is 4.98 Å². The molecule has 1 N–H and O–H groups in total. The highest BCUT2D eigenvalue weighted by atomic mass is 19.1. The second-order valence-corrected chi connectivity index (χ2v) is 4.98. The summed E-state index contributed by atoms with van der Waals surface area (Å²) in [5.74, 6) is -0.407. The average Bonchev–Trinajstić information content (AvgIpc) is 2.98. The molecule has 5 nitrogen and oxygen atoms in total. The highest BCUT2D eigenvalue weighted by Crippen LogP contribution is 2.29. The van der Waals surface area contributed by atoms with Crippen LogP contribution in [0.1, 0.15) is 0 Å². The van der Waals surface area contributed by atoms with Crippen LogP contribution in [0.15, 0.2) is 42.5 Å². The summed E-state index contributed by atoms with van der Waals surface area (Å²) in [7, 11) is 1.75. The maximum atomic E-state index is 14.1. The zero-order valence-corrected chi connectivity index (χ0v) is 12.1. The van der Waals surface area contributed by atoms with Crippen LogP contribution in [0, 0.1) is 11.6 Å². The third-order valence-corrected chi connectivity index (χ3v) is 3.68. The van der Waals surface area contributed by atoms with Gasteiger partial charge in [0, 0.05) is 12.4 Å². The molecule has 2 aromatic heterocycles. The van der Waals surface area contributed by atoms with Crippen LogP contribution < -0.4 is 5.32 Å². The van der Waals surface area contributed by atoms with Crippen LogP contribution in [0.4, 0.5) is 14.6 Å². The summed E-state index contributed by atoms with van der Waals surface area (Å²) in [6.07, 6.45) is 0. The van der Waals surface area contributed by atoms with Gasteiger partial charge in [-0.1, -0.05) is 18.2 Å². The van der Waals surface area contributed by atoms with Gasteiger partial charge in [0.05, 0.1) is 11.1 Å². The minimum Gasteiger partial charge on any atom is -0.372 e. The average molecular weight is 311 g/mol. The minimum atomic E-state index is -0.693. The molecule has 0 aliphatic carbocycles. The van der Waals surface area contributed by atoms with Gasteiger partial charge in [0.25, 0.3) is 5.78 Å². The molecule has 0 radical (unpaired) electrons. The number of fused-ring (bicyclic) bond motifs is 3. The van der Waals surface area contributed by atoms with Crippen LogP contribution in [0.2, 0.25) is 0 Å². The van der Waals surface area contributed by atoms with E-state index in [-0.39, 0.29) is 17.2 Å². The molecule has 0 atom stereocenters. The second kappa shape index (κ2) is 4.98. The normalized spacial score (nSPS) is 11.3. The van der Waals surface area contributed by atoms with Crippen LogP contribution in [0.5, 0.6) is 0 Å². The number of benzene rings is 2. The molecule has 2 aromatic carbocycles. The zero-order valence-electron chi connectivity index (χ0n) is 12.1. The fraction of sp³-hybridized carbons (Fsp3) is 0.0625. The fourth-order valence-electron chi connectivity index (χ4n) is 2.66. The molecule has 2 heterocycles. The monoisotopic (exact) mass is 311 g/mol. The highest BCUT2D eigenvalue weighted by Gasteiger charge is 2.20. The lowest BCUT2D eigenvalue weighted by Crippen LogP contribution is -2.01. The number of nitrogens with one attached hydrogen (secondary N) is 1. The summed E-state index contributed by atoms with van der Waals surface area (Å²) in [4.78, 5) is 4.36. The van der Waals surface area contributed by atoms with Crippen molar-refractivity contribution in [2.24, 2.45) is 0 Å². The van der Waals surface area contributed by atoms with Gasteiger partial charge >= 0.3 is 0 Å². The summed E-state index contributed by atoms with van der Waals surface area (Å²) in [6.45, 7) is 0. The Morgan fingerprint density at radius 2 is 1.70 bits per heavy atom. The molecular weight excluding hydrogens is 300 g/mol. The Bertz CT molecular complexity index is 1020. The SMILES string of the molecule is CNc1nc2nnc(-c3c(F)cccc3F)n2c2ccccc12. The number of para-hydroxylation sites is 1. The molecule has 114 valence electrons. The molecule has 4 rings (SSSR count). The number of hydrogen-bond donors (Lipinski definition) is 1. The van der Waals surface area contributed by atoms with Gasteiger partial charge in [-0.3, -0.25) is 4.40 Å². The summed E-state index contributed by atoms with van der Waals surface area (Å²) in [5, 5.41) is 11.7. The van der Waals surface area contributed by atoms with Gasteiger partial charge in [0.15, 0.2) is 5.82 Å². The van der Waals surface area contributed by atoms with Crippen molar-refractivity contribution >= 4 is 22.5 Å². The van der Waals surface area contributed by atoms with E-state index in [2.05, 4.69) is 20.5 Å². The first-order valence-corrected chi connectivity index (χ1v) is 6.96. The summed E-state index contributed by atoms with van der Waals surface area (Å²) < 4.78 is 29.8. The van der Waals surface area contributed by atoms with E-state index in [0.717, 1.165) is 5.39 Å². The third-order valence-electron chi connectivity index (χ3n) is 3.68. The number of aromatic nitrogens is 4. The zero-order chi connectivity index (χ0) is 16.0. The number of rotatable bonds is 2. The van der Waals surface area contributed by atoms with E-state index in [1.54, 1.807) is 11.4 Å². The van der Waals surface area contributed by atoms with Gasteiger partial charge in [0.1, 0.15) is 17.5 Å². The van der Waals surface area contributed by atoms with E-state index >= 15 is 0 Å². The van der Waals surface area contributed by atoms with Crippen molar-refractivity contribution in [2.45, 2.75) is 0 Å². The molecule has 23 heavy (non-hydrogen) atoms. The van der Waals surface area contributed by atoms with Gasteiger partial charge in [-0.05, 0) is 24.3 Å². The third kappa shape index (κ3) is 1.93. The van der Waals surface area contributed by atoms with Crippen LogP contribution in [-0.2, 0) is 0 Å². The van der Waals surface area contributed by atoms with Crippen LogP contribution in [0.25, 0.3) is 28.1 Å². The van der Waals surface area contributed by atoms with Crippen LogP contribution in [0.3, 0.4) is 0 Å². The van der Waals surface area contributed by atoms with E-state index in [1.807, 2.05) is 24.3 Å². The maximum Gasteiger partial charge on any atom is 0.257 e. The van der Waals surface area contributed by atoms with Crippen molar-refractivity contribution in [1.82, 2.24) is 19.6 Å². The molecule has 0 bridgehead atoms. The van der Waals surface area contributed by atoms with Gasteiger partial charge in [-0.15, -0.1) is 10.2 Å². The predicted octanol–water partition coefficient (Wildman–Crippen LogP) is 3.26. The molecule has 0 saturated heterocycles. The lowest BCUT2D eigenvalue weighted by atomic mass is 10.1.